The number of hydrogen-bond acceptors (Lipinski definition) is 3. The molecule has 0 aromatic carbocycles. The summed E-state index contributed by atoms with van der Waals surface area (Å²) in [6, 6.07) is 0.526. The number of urea groups is 1. The predicted molar refractivity (Wildman–Crippen MR) is 51.5 cm³/mol. The Morgan fingerprint density at radius 2 is 2.23 bits per heavy atom. The van der Waals surface area contributed by atoms with Gasteiger partial charge in [0.15, 0.2) is 0 Å². The summed E-state index contributed by atoms with van der Waals surface area (Å²) in [7, 11) is 3.53. The molecule has 0 unspecified atom stereocenters. The second-order valence-corrected chi connectivity index (χ2v) is 3.52. The first kappa shape index (κ1) is 10.3. The van der Waals surface area contributed by atoms with E-state index in [-0.39, 0.29) is 6.03 Å². The highest BCUT2D eigenvalue weighted by Gasteiger charge is 2.30. The molecular weight excluding hydrogens is 168 g/mol. The van der Waals surface area contributed by atoms with Crippen LogP contribution in [0.5, 0.6) is 0 Å². The lowest BCUT2D eigenvalue weighted by Crippen LogP contribution is -2.62. The Hall–Kier alpha value is -0.810. The monoisotopic (exact) mass is 186 g/mol. The molecule has 0 bridgehead atoms. The summed E-state index contributed by atoms with van der Waals surface area (Å²) in [5, 5.41) is 3.26. The molecule has 2 amide bonds. The quantitative estimate of drug-likeness (QED) is 0.588. The average Bonchev–Trinajstić information content (AvgIpc) is 2.01. The van der Waals surface area contributed by atoms with Gasteiger partial charge < -0.3 is 20.9 Å². The van der Waals surface area contributed by atoms with Gasteiger partial charge in [-0.1, -0.05) is 0 Å². The number of nitrogens with one attached hydrogen (secondary N) is 1. The fourth-order valence-corrected chi connectivity index (χ4v) is 1.33. The first-order chi connectivity index (χ1) is 6.15. The molecule has 0 atom stereocenters. The zero-order chi connectivity index (χ0) is 9.84. The van der Waals surface area contributed by atoms with Crippen LogP contribution in [0.25, 0.3) is 0 Å². The van der Waals surface area contributed by atoms with Crippen molar-refractivity contribution < 1.29 is 4.79 Å². The lowest BCUT2D eigenvalue weighted by molar-refractivity contribution is 0.118. The second-order valence-electron chi connectivity index (χ2n) is 3.52. The summed E-state index contributed by atoms with van der Waals surface area (Å²) in [6.07, 6.45) is 0. The SMILES string of the molecule is CN(C)C(=O)N1CC(NCCN)C1. The number of carbonyl (C=O) groups excluding carboxylic acids is 1. The van der Waals surface area contributed by atoms with Crippen molar-refractivity contribution in [3.05, 3.63) is 0 Å². The van der Waals surface area contributed by atoms with Crippen molar-refractivity contribution in [1.82, 2.24) is 15.1 Å². The molecule has 0 saturated carbocycles. The van der Waals surface area contributed by atoms with E-state index in [1.165, 1.54) is 0 Å². The Balaban J connectivity index is 2.14. The van der Waals surface area contributed by atoms with Crippen LogP contribution in [0.4, 0.5) is 4.79 Å². The normalized spacial score (nSPS) is 17.0. The summed E-state index contributed by atoms with van der Waals surface area (Å²) >= 11 is 0. The van der Waals surface area contributed by atoms with E-state index < -0.39 is 0 Å². The van der Waals surface area contributed by atoms with Crippen LogP contribution in [-0.4, -0.2) is 62.1 Å². The van der Waals surface area contributed by atoms with Gasteiger partial charge in [0.05, 0.1) is 0 Å². The highest BCUT2D eigenvalue weighted by Crippen LogP contribution is 2.08. The minimum absolute atomic E-state index is 0.0887. The number of rotatable bonds is 3. The van der Waals surface area contributed by atoms with Gasteiger partial charge in [-0.05, 0) is 0 Å². The molecule has 76 valence electrons. The highest BCUT2D eigenvalue weighted by atomic mass is 16.2. The average molecular weight is 186 g/mol. The first-order valence-corrected chi connectivity index (χ1v) is 4.55. The molecule has 3 N–H and O–H groups in total. The van der Waals surface area contributed by atoms with Crippen LogP contribution in [0.1, 0.15) is 0 Å². The Morgan fingerprint density at radius 1 is 1.62 bits per heavy atom. The van der Waals surface area contributed by atoms with E-state index in [2.05, 4.69) is 5.32 Å². The van der Waals surface area contributed by atoms with Crippen molar-refractivity contribution in [2.75, 3.05) is 40.3 Å². The summed E-state index contributed by atoms with van der Waals surface area (Å²) < 4.78 is 0. The van der Waals surface area contributed by atoms with E-state index in [9.17, 15) is 4.79 Å². The Bertz CT molecular complexity index is 177. The number of hydrogen-bond donors (Lipinski definition) is 2. The third-order valence-electron chi connectivity index (χ3n) is 2.11. The molecule has 1 saturated heterocycles. The van der Waals surface area contributed by atoms with Crippen molar-refractivity contribution in [3.63, 3.8) is 0 Å². The van der Waals surface area contributed by atoms with Crippen molar-refractivity contribution in [2.24, 2.45) is 5.73 Å². The van der Waals surface area contributed by atoms with Gasteiger partial charge >= 0.3 is 6.03 Å². The molecule has 5 heteroatoms. The largest absolute Gasteiger partial charge is 0.331 e. The Morgan fingerprint density at radius 3 is 2.69 bits per heavy atom. The molecule has 0 spiro atoms. The van der Waals surface area contributed by atoms with Crippen molar-refractivity contribution >= 4 is 6.03 Å². The van der Waals surface area contributed by atoms with Crippen LogP contribution in [0, 0.1) is 0 Å². The minimum Gasteiger partial charge on any atom is -0.331 e. The summed E-state index contributed by atoms with van der Waals surface area (Å²) in [5.41, 5.74) is 5.35. The van der Waals surface area contributed by atoms with Gasteiger partial charge in [0.2, 0.25) is 0 Å². The van der Waals surface area contributed by atoms with Crippen molar-refractivity contribution in [2.45, 2.75) is 6.04 Å². The van der Waals surface area contributed by atoms with Gasteiger partial charge in [-0.3, -0.25) is 0 Å². The molecule has 1 fully saturated rings. The number of nitrogens with two attached hydrogens (primary N) is 1. The minimum atomic E-state index is 0.0887. The van der Waals surface area contributed by atoms with Crippen LogP contribution in [0.15, 0.2) is 0 Å². The molecule has 13 heavy (non-hydrogen) atoms. The molecule has 1 heterocycles. The third-order valence-corrected chi connectivity index (χ3v) is 2.11. The van der Waals surface area contributed by atoms with E-state index >= 15 is 0 Å². The maximum Gasteiger partial charge on any atom is 0.319 e. The van der Waals surface area contributed by atoms with Gasteiger partial charge in [-0.2, -0.15) is 0 Å². The molecule has 1 aliphatic rings. The summed E-state index contributed by atoms with van der Waals surface area (Å²) in [6.45, 7) is 3.08. The fraction of sp³-hybridized carbons (Fsp3) is 0.875. The van der Waals surface area contributed by atoms with Gasteiger partial charge in [0.1, 0.15) is 0 Å². The zero-order valence-corrected chi connectivity index (χ0v) is 8.29. The molecule has 1 aliphatic heterocycles. The highest BCUT2D eigenvalue weighted by molar-refractivity contribution is 5.74. The molecule has 0 aliphatic carbocycles. The molecule has 0 aromatic heterocycles. The first-order valence-electron chi connectivity index (χ1n) is 4.55. The Kier molecular flexibility index (Phi) is 3.50. The van der Waals surface area contributed by atoms with E-state index in [0.29, 0.717) is 12.6 Å². The van der Waals surface area contributed by atoms with Crippen molar-refractivity contribution in [1.29, 1.82) is 0 Å². The topological polar surface area (TPSA) is 61.6 Å². The molecule has 1 rings (SSSR count). The van der Waals surface area contributed by atoms with Gasteiger partial charge in [0, 0.05) is 46.3 Å². The van der Waals surface area contributed by atoms with Crippen molar-refractivity contribution in [3.8, 4) is 0 Å². The van der Waals surface area contributed by atoms with Gasteiger partial charge in [-0.15, -0.1) is 0 Å². The lowest BCUT2D eigenvalue weighted by atomic mass is 10.1. The third kappa shape index (κ3) is 2.57. The molecular formula is C8H18N4O. The second kappa shape index (κ2) is 4.43. The number of amides is 2. The summed E-state index contributed by atoms with van der Waals surface area (Å²) in [5.74, 6) is 0. The van der Waals surface area contributed by atoms with Gasteiger partial charge in [-0.25, -0.2) is 4.79 Å². The molecule has 5 nitrogen and oxygen atoms in total. The zero-order valence-electron chi connectivity index (χ0n) is 8.29. The fourth-order valence-electron chi connectivity index (χ4n) is 1.33. The molecule has 0 aromatic rings. The Labute approximate surface area is 78.9 Å². The standard InChI is InChI=1S/C8H18N4O/c1-11(2)8(13)12-5-7(6-12)10-4-3-9/h7,10H,3-6,9H2,1-2H3. The summed E-state index contributed by atoms with van der Waals surface area (Å²) in [4.78, 5) is 14.8. The van der Waals surface area contributed by atoms with Gasteiger partial charge in [0.25, 0.3) is 0 Å². The van der Waals surface area contributed by atoms with Crippen LogP contribution in [0.2, 0.25) is 0 Å². The van der Waals surface area contributed by atoms with Crippen LogP contribution in [0.3, 0.4) is 0 Å². The van der Waals surface area contributed by atoms with E-state index in [1.54, 1.807) is 19.0 Å². The maximum absolute atomic E-state index is 11.3. The number of likely N-dealkylation sites (tertiary alicyclic amines) is 1. The number of carbonyl (C=O) groups is 1. The van der Waals surface area contributed by atoms with Crippen LogP contribution in [-0.2, 0) is 0 Å². The predicted octanol–water partition coefficient (Wildman–Crippen LogP) is -1.10. The van der Waals surface area contributed by atoms with E-state index in [0.717, 1.165) is 19.6 Å². The smallest absolute Gasteiger partial charge is 0.319 e. The maximum atomic E-state index is 11.3. The number of nitrogens with zero attached hydrogens (tertiary/aromatic N) is 2. The van der Waals surface area contributed by atoms with Crippen LogP contribution < -0.4 is 11.1 Å². The van der Waals surface area contributed by atoms with E-state index in [1.807, 2.05) is 4.90 Å². The lowest BCUT2D eigenvalue weighted by Gasteiger charge is -2.40. The van der Waals surface area contributed by atoms with E-state index in [4.69, 9.17) is 5.73 Å². The van der Waals surface area contributed by atoms with Crippen LogP contribution >= 0.6 is 0 Å². The molecule has 0 radical (unpaired) electrons.